The van der Waals surface area contributed by atoms with Crippen LogP contribution in [0, 0.1) is 6.92 Å². The minimum atomic E-state index is -0.864. The third kappa shape index (κ3) is 3.56. The van der Waals surface area contributed by atoms with E-state index in [1.54, 1.807) is 18.2 Å². The molecule has 2 N–H and O–H groups in total. The van der Waals surface area contributed by atoms with E-state index < -0.39 is 23.4 Å². The molecule has 1 aliphatic heterocycles. The minimum Gasteiger partial charge on any atom is -0.484 e. The minimum absolute atomic E-state index is 0.314. The third-order valence-electron chi connectivity index (χ3n) is 4.60. The van der Waals surface area contributed by atoms with Gasteiger partial charge < -0.3 is 10.1 Å². The molecule has 0 radical (unpaired) electrons. The van der Waals surface area contributed by atoms with Gasteiger partial charge in [0.25, 0.3) is 11.8 Å². The maximum Gasteiger partial charge on any atom is 0.344 e. The van der Waals surface area contributed by atoms with Gasteiger partial charge in [-0.25, -0.2) is 4.79 Å². The Hall–Kier alpha value is -2.28. The summed E-state index contributed by atoms with van der Waals surface area (Å²) in [5.74, 6) is -0.491. The number of imide groups is 1. The van der Waals surface area contributed by atoms with Gasteiger partial charge in [0.05, 0.1) is 0 Å². The Morgan fingerprint density at radius 3 is 2.72 bits per heavy atom. The monoisotopic (exact) mass is 365 g/mol. The molecule has 2 fully saturated rings. The number of ether oxygens (including phenoxy) is 1. The van der Waals surface area contributed by atoms with Crippen molar-refractivity contribution in [2.75, 3.05) is 6.61 Å². The van der Waals surface area contributed by atoms with Crippen molar-refractivity contribution in [2.45, 2.75) is 44.6 Å². The highest BCUT2D eigenvalue weighted by molar-refractivity contribution is 6.31. The molecule has 0 aromatic heterocycles. The number of rotatable bonds is 4. The molecule has 1 saturated heterocycles. The van der Waals surface area contributed by atoms with E-state index in [0.29, 0.717) is 23.6 Å². The highest BCUT2D eigenvalue weighted by Crippen LogP contribution is 2.33. The molecule has 25 heavy (non-hydrogen) atoms. The maximum atomic E-state index is 12.6. The van der Waals surface area contributed by atoms with Crippen LogP contribution in [-0.2, 0) is 9.59 Å². The number of urea groups is 1. The van der Waals surface area contributed by atoms with Crippen molar-refractivity contribution in [1.82, 2.24) is 15.8 Å². The quantitative estimate of drug-likeness (QED) is 0.801. The smallest absolute Gasteiger partial charge is 0.344 e. The van der Waals surface area contributed by atoms with E-state index in [1.165, 1.54) is 0 Å². The molecular formula is C17H20ClN3O4. The lowest BCUT2D eigenvalue weighted by molar-refractivity contribution is -0.140. The second-order valence-corrected chi connectivity index (χ2v) is 6.86. The number of nitrogens with one attached hydrogen (secondary N) is 2. The summed E-state index contributed by atoms with van der Waals surface area (Å²) in [6, 6.07) is 4.44. The highest BCUT2D eigenvalue weighted by atomic mass is 35.5. The van der Waals surface area contributed by atoms with E-state index in [9.17, 15) is 14.4 Å². The molecular weight excluding hydrogens is 346 g/mol. The number of aryl methyl sites for hydroxylation is 1. The lowest BCUT2D eigenvalue weighted by Gasteiger charge is -2.30. The third-order valence-corrected chi connectivity index (χ3v) is 5.03. The Kier molecular flexibility index (Phi) is 4.85. The van der Waals surface area contributed by atoms with Gasteiger partial charge in [-0.15, -0.1) is 0 Å². The standard InChI is InChI=1S/C17H20ClN3O4/c1-11-9-12(5-6-13(11)18)25-10-14(22)20-21-15(23)17(19-16(21)24)7-3-2-4-8-17/h5-6,9H,2-4,7-8,10H2,1H3,(H,19,24)(H,20,22). The first kappa shape index (κ1) is 17.5. The molecule has 2 aliphatic rings. The zero-order valence-electron chi connectivity index (χ0n) is 13.9. The van der Waals surface area contributed by atoms with E-state index >= 15 is 0 Å². The second kappa shape index (κ2) is 6.92. The Morgan fingerprint density at radius 1 is 1.32 bits per heavy atom. The zero-order valence-corrected chi connectivity index (χ0v) is 14.7. The first-order chi connectivity index (χ1) is 11.9. The normalized spacial score (nSPS) is 19.0. The van der Waals surface area contributed by atoms with Crippen LogP contribution in [0.1, 0.15) is 37.7 Å². The molecule has 1 spiro atoms. The fraction of sp³-hybridized carbons (Fsp3) is 0.471. The van der Waals surface area contributed by atoms with Gasteiger partial charge >= 0.3 is 6.03 Å². The van der Waals surface area contributed by atoms with Gasteiger partial charge in [-0.2, -0.15) is 5.01 Å². The van der Waals surface area contributed by atoms with Crippen molar-refractivity contribution >= 4 is 29.4 Å². The molecule has 0 atom stereocenters. The van der Waals surface area contributed by atoms with Crippen LogP contribution in [0.25, 0.3) is 0 Å². The molecule has 1 aromatic rings. The van der Waals surface area contributed by atoms with Gasteiger partial charge in [0.2, 0.25) is 0 Å². The summed E-state index contributed by atoms with van der Waals surface area (Å²) >= 11 is 5.94. The van der Waals surface area contributed by atoms with E-state index in [2.05, 4.69) is 10.7 Å². The summed E-state index contributed by atoms with van der Waals surface area (Å²) in [7, 11) is 0. The Morgan fingerprint density at radius 2 is 2.04 bits per heavy atom. The number of hydrogen-bond acceptors (Lipinski definition) is 4. The molecule has 1 saturated carbocycles. The van der Waals surface area contributed by atoms with Crippen molar-refractivity contribution in [3.05, 3.63) is 28.8 Å². The largest absolute Gasteiger partial charge is 0.484 e. The fourth-order valence-electron chi connectivity index (χ4n) is 3.23. The predicted octanol–water partition coefficient (Wildman–Crippen LogP) is 2.31. The van der Waals surface area contributed by atoms with Crippen LogP contribution < -0.4 is 15.5 Å². The van der Waals surface area contributed by atoms with Crippen LogP contribution in [0.5, 0.6) is 5.75 Å². The van der Waals surface area contributed by atoms with Crippen LogP contribution in [0.4, 0.5) is 4.79 Å². The number of hydrogen-bond donors (Lipinski definition) is 2. The van der Waals surface area contributed by atoms with Gasteiger partial charge in [-0.05, 0) is 43.5 Å². The molecule has 8 heteroatoms. The Balaban J connectivity index is 1.58. The van der Waals surface area contributed by atoms with Crippen molar-refractivity contribution in [1.29, 1.82) is 0 Å². The van der Waals surface area contributed by atoms with Crippen molar-refractivity contribution in [3.8, 4) is 5.75 Å². The number of benzene rings is 1. The first-order valence-electron chi connectivity index (χ1n) is 8.26. The van der Waals surface area contributed by atoms with Crippen LogP contribution in [0.2, 0.25) is 5.02 Å². The van der Waals surface area contributed by atoms with E-state index in [1.807, 2.05) is 6.92 Å². The molecule has 134 valence electrons. The number of hydrazine groups is 1. The second-order valence-electron chi connectivity index (χ2n) is 6.45. The number of carbonyl (C=O) groups excluding carboxylic acids is 3. The average molecular weight is 366 g/mol. The summed E-state index contributed by atoms with van der Waals surface area (Å²) in [6.45, 7) is 1.51. The number of halogens is 1. The Labute approximate surface area is 150 Å². The molecule has 1 heterocycles. The summed E-state index contributed by atoms with van der Waals surface area (Å²) in [4.78, 5) is 36.7. The van der Waals surface area contributed by atoms with Crippen molar-refractivity contribution in [3.63, 3.8) is 0 Å². The molecule has 3 rings (SSSR count). The number of nitrogens with zero attached hydrogens (tertiary/aromatic N) is 1. The van der Waals surface area contributed by atoms with Gasteiger partial charge in [-0.1, -0.05) is 30.9 Å². The summed E-state index contributed by atoms with van der Waals surface area (Å²) in [5.41, 5.74) is 2.29. The summed E-state index contributed by atoms with van der Waals surface area (Å²) < 4.78 is 5.38. The topological polar surface area (TPSA) is 87.7 Å². The van der Waals surface area contributed by atoms with Crippen LogP contribution in [0.15, 0.2) is 18.2 Å². The predicted molar refractivity (Wildman–Crippen MR) is 91.0 cm³/mol. The van der Waals surface area contributed by atoms with Gasteiger partial charge in [-0.3, -0.25) is 15.0 Å². The number of amides is 4. The van der Waals surface area contributed by atoms with Gasteiger partial charge in [0.1, 0.15) is 11.3 Å². The fourth-order valence-corrected chi connectivity index (χ4v) is 3.35. The maximum absolute atomic E-state index is 12.6. The van der Waals surface area contributed by atoms with E-state index in [4.69, 9.17) is 16.3 Å². The van der Waals surface area contributed by atoms with Crippen molar-refractivity contribution in [2.24, 2.45) is 0 Å². The molecule has 7 nitrogen and oxygen atoms in total. The lowest BCUT2D eigenvalue weighted by Crippen LogP contribution is -2.51. The van der Waals surface area contributed by atoms with Crippen LogP contribution in [0.3, 0.4) is 0 Å². The summed E-state index contributed by atoms with van der Waals surface area (Å²) in [6.07, 6.45) is 4.01. The molecule has 4 amide bonds. The molecule has 0 bridgehead atoms. The molecule has 1 aromatic carbocycles. The Bertz CT molecular complexity index is 716. The SMILES string of the molecule is Cc1cc(OCC(=O)NN2C(=O)NC3(CCCCC3)C2=O)ccc1Cl. The lowest BCUT2D eigenvalue weighted by atomic mass is 9.82. The van der Waals surface area contributed by atoms with Gasteiger partial charge in [0, 0.05) is 5.02 Å². The van der Waals surface area contributed by atoms with Crippen LogP contribution >= 0.6 is 11.6 Å². The molecule has 1 aliphatic carbocycles. The number of carbonyl (C=O) groups is 3. The van der Waals surface area contributed by atoms with E-state index in [-0.39, 0.29) is 6.61 Å². The highest BCUT2D eigenvalue weighted by Gasteiger charge is 2.52. The van der Waals surface area contributed by atoms with Crippen LogP contribution in [-0.4, -0.2) is 35.0 Å². The summed E-state index contributed by atoms with van der Waals surface area (Å²) in [5, 5.41) is 4.10. The van der Waals surface area contributed by atoms with Gasteiger partial charge in [0.15, 0.2) is 6.61 Å². The van der Waals surface area contributed by atoms with Crippen molar-refractivity contribution < 1.29 is 19.1 Å². The zero-order chi connectivity index (χ0) is 18.0. The first-order valence-corrected chi connectivity index (χ1v) is 8.64. The average Bonchev–Trinajstić information content (AvgIpc) is 2.81. The molecule has 0 unspecified atom stereocenters. The van der Waals surface area contributed by atoms with E-state index in [0.717, 1.165) is 29.8 Å².